The van der Waals surface area contributed by atoms with Crippen LogP contribution < -0.4 is 20.1 Å². The van der Waals surface area contributed by atoms with E-state index in [-0.39, 0.29) is 42.7 Å². The number of nitrogens with one attached hydrogen (secondary N) is 2. The van der Waals surface area contributed by atoms with Crippen molar-refractivity contribution in [2.45, 2.75) is 52.4 Å². The number of anilines is 1. The standard InChI is InChI=1S/C33H42N4O5/c1-22(2)34-33(40)35-26-13-16-30-29(17-26)32(39)37(24(4)21-38)18-23(3)31(42-30)20-36(5)19-25-11-14-28(15-12-25)41-27-9-7-6-8-10-27/h6-17,22-24,31,38H,18-21H2,1-5H3,(H2,34,35,40)/t23-,24-,31+/m0/s1. The van der Waals surface area contributed by atoms with Gasteiger partial charge in [0.25, 0.3) is 5.91 Å². The number of urea groups is 1. The lowest BCUT2D eigenvalue weighted by Gasteiger charge is -2.38. The fourth-order valence-electron chi connectivity index (χ4n) is 4.92. The van der Waals surface area contributed by atoms with Gasteiger partial charge >= 0.3 is 6.03 Å². The molecule has 3 aromatic rings. The van der Waals surface area contributed by atoms with Crippen molar-refractivity contribution < 1.29 is 24.2 Å². The molecule has 3 N–H and O–H groups in total. The summed E-state index contributed by atoms with van der Waals surface area (Å²) in [5, 5.41) is 15.5. The quantitative estimate of drug-likeness (QED) is 0.301. The van der Waals surface area contributed by atoms with Crippen LogP contribution >= 0.6 is 0 Å². The van der Waals surface area contributed by atoms with Crippen LogP contribution in [0.15, 0.2) is 72.8 Å². The first-order valence-electron chi connectivity index (χ1n) is 14.4. The van der Waals surface area contributed by atoms with Crippen LogP contribution in [0.5, 0.6) is 17.2 Å². The average Bonchev–Trinajstić information content (AvgIpc) is 2.96. The molecule has 3 amide bonds. The van der Waals surface area contributed by atoms with Crippen molar-refractivity contribution in [2.75, 3.05) is 32.1 Å². The number of likely N-dealkylation sites (N-methyl/N-ethyl adjacent to an activating group) is 1. The van der Waals surface area contributed by atoms with Crippen molar-refractivity contribution in [3.05, 3.63) is 83.9 Å². The summed E-state index contributed by atoms with van der Waals surface area (Å²) in [4.78, 5) is 29.8. The Labute approximate surface area is 248 Å². The van der Waals surface area contributed by atoms with Crippen molar-refractivity contribution in [3.8, 4) is 17.2 Å². The lowest BCUT2D eigenvalue weighted by atomic mass is 9.99. The molecule has 0 saturated heterocycles. The second kappa shape index (κ2) is 14.2. The summed E-state index contributed by atoms with van der Waals surface area (Å²) in [6.07, 6.45) is -0.223. The van der Waals surface area contributed by atoms with Crippen molar-refractivity contribution in [1.82, 2.24) is 15.1 Å². The molecule has 0 aromatic heterocycles. The van der Waals surface area contributed by atoms with Gasteiger partial charge in [0, 0.05) is 37.3 Å². The van der Waals surface area contributed by atoms with Gasteiger partial charge in [-0.15, -0.1) is 0 Å². The Morgan fingerprint density at radius 2 is 1.76 bits per heavy atom. The van der Waals surface area contributed by atoms with E-state index in [1.807, 2.05) is 70.3 Å². The maximum Gasteiger partial charge on any atom is 0.319 e. The number of hydrogen-bond acceptors (Lipinski definition) is 6. The fraction of sp³-hybridized carbons (Fsp3) is 0.394. The smallest absolute Gasteiger partial charge is 0.319 e. The van der Waals surface area contributed by atoms with E-state index < -0.39 is 0 Å². The number of para-hydroxylation sites is 1. The number of nitrogens with zero attached hydrogens (tertiary/aromatic N) is 2. The van der Waals surface area contributed by atoms with Crippen LogP contribution in [-0.2, 0) is 6.54 Å². The minimum atomic E-state index is -0.373. The summed E-state index contributed by atoms with van der Waals surface area (Å²) in [5.74, 6) is 1.78. The first-order valence-corrected chi connectivity index (χ1v) is 14.4. The highest BCUT2D eigenvalue weighted by atomic mass is 16.5. The van der Waals surface area contributed by atoms with Gasteiger partial charge in [-0.2, -0.15) is 0 Å². The maximum absolute atomic E-state index is 13.6. The summed E-state index contributed by atoms with van der Waals surface area (Å²) >= 11 is 0. The summed E-state index contributed by atoms with van der Waals surface area (Å²) in [6, 6.07) is 22.1. The molecule has 0 spiro atoms. The monoisotopic (exact) mass is 574 g/mol. The van der Waals surface area contributed by atoms with Gasteiger partial charge in [0.05, 0.1) is 18.2 Å². The Morgan fingerprint density at radius 1 is 1.07 bits per heavy atom. The molecule has 1 heterocycles. The van der Waals surface area contributed by atoms with E-state index in [9.17, 15) is 14.7 Å². The first-order chi connectivity index (χ1) is 20.1. The zero-order chi connectivity index (χ0) is 30.2. The lowest BCUT2D eigenvalue weighted by Crippen LogP contribution is -2.49. The number of carbonyl (C=O) groups is 2. The van der Waals surface area contributed by atoms with Crippen LogP contribution in [-0.4, -0.2) is 71.8 Å². The van der Waals surface area contributed by atoms with Gasteiger partial charge in [-0.1, -0.05) is 37.3 Å². The molecule has 3 aromatic carbocycles. The number of carbonyl (C=O) groups excluding carboxylic acids is 2. The zero-order valence-corrected chi connectivity index (χ0v) is 25.0. The first kappa shape index (κ1) is 30.9. The summed E-state index contributed by atoms with van der Waals surface area (Å²) in [7, 11) is 2.05. The molecule has 1 aliphatic rings. The van der Waals surface area contributed by atoms with Crippen molar-refractivity contribution >= 4 is 17.6 Å². The summed E-state index contributed by atoms with van der Waals surface area (Å²) in [5.41, 5.74) is 1.98. The number of aliphatic hydroxyl groups excluding tert-OH is 1. The topological polar surface area (TPSA) is 103 Å². The molecule has 0 saturated carbocycles. The molecule has 0 fully saturated rings. The number of aliphatic hydroxyl groups is 1. The number of ether oxygens (including phenoxy) is 2. The molecule has 4 rings (SSSR count). The van der Waals surface area contributed by atoms with Gasteiger partial charge in [0.2, 0.25) is 0 Å². The predicted molar refractivity (Wildman–Crippen MR) is 164 cm³/mol. The molecule has 1 aliphatic heterocycles. The average molecular weight is 575 g/mol. The Kier molecular flexibility index (Phi) is 10.4. The molecule has 224 valence electrons. The number of amides is 3. The lowest BCUT2D eigenvalue weighted by molar-refractivity contribution is 0.0341. The van der Waals surface area contributed by atoms with Crippen LogP contribution in [0.1, 0.15) is 43.6 Å². The third-order valence-corrected chi connectivity index (χ3v) is 7.19. The van der Waals surface area contributed by atoms with Crippen LogP contribution in [0.4, 0.5) is 10.5 Å². The zero-order valence-electron chi connectivity index (χ0n) is 25.0. The van der Waals surface area contributed by atoms with Gasteiger partial charge in [0.1, 0.15) is 23.4 Å². The largest absolute Gasteiger partial charge is 0.488 e. The Bertz CT molecular complexity index is 1330. The summed E-state index contributed by atoms with van der Waals surface area (Å²) in [6.45, 7) is 9.24. The van der Waals surface area contributed by atoms with Gasteiger partial charge < -0.3 is 30.1 Å². The number of hydrogen-bond donors (Lipinski definition) is 3. The van der Waals surface area contributed by atoms with E-state index in [2.05, 4.69) is 34.6 Å². The third-order valence-electron chi connectivity index (χ3n) is 7.19. The second-order valence-electron chi connectivity index (χ2n) is 11.3. The van der Waals surface area contributed by atoms with Crippen molar-refractivity contribution in [3.63, 3.8) is 0 Å². The minimum Gasteiger partial charge on any atom is -0.488 e. The normalized spacial score (nSPS) is 17.6. The summed E-state index contributed by atoms with van der Waals surface area (Å²) < 4.78 is 12.4. The number of fused-ring (bicyclic) bond motifs is 1. The predicted octanol–water partition coefficient (Wildman–Crippen LogP) is 5.36. The van der Waals surface area contributed by atoms with E-state index in [4.69, 9.17) is 9.47 Å². The minimum absolute atomic E-state index is 0.00480. The van der Waals surface area contributed by atoms with Crippen LogP contribution in [0, 0.1) is 5.92 Å². The Balaban J connectivity index is 1.49. The molecule has 0 bridgehead atoms. The highest BCUT2D eigenvalue weighted by molar-refractivity contribution is 5.99. The molecule has 0 radical (unpaired) electrons. The molecule has 3 atom stereocenters. The van der Waals surface area contributed by atoms with Crippen LogP contribution in [0.25, 0.3) is 0 Å². The number of benzene rings is 3. The third kappa shape index (κ3) is 8.24. The van der Waals surface area contributed by atoms with Gasteiger partial charge in [-0.3, -0.25) is 9.69 Å². The maximum atomic E-state index is 13.6. The highest BCUT2D eigenvalue weighted by Crippen LogP contribution is 2.31. The molecular formula is C33H42N4O5. The van der Waals surface area contributed by atoms with Gasteiger partial charge in [0.15, 0.2) is 0 Å². The molecule has 0 unspecified atom stereocenters. The Morgan fingerprint density at radius 3 is 2.43 bits per heavy atom. The Hall–Kier alpha value is -4.08. The molecule has 42 heavy (non-hydrogen) atoms. The molecule has 9 heteroatoms. The number of rotatable bonds is 10. The van der Waals surface area contributed by atoms with Crippen molar-refractivity contribution in [1.29, 1.82) is 0 Å². The van der Waals surface area contributed by atoms with Crippen LogP contribution in [0.2, 0.25) is 0 Å². The fourth-order valence-corrected chi connectivity index (χ4v) is 4.92. The SMILES string of the molecule is CC(C)NC(=O)Nc1ccc2c(c1)C(=O)N([C@@H](C)CO)C[C@H](C)[C@@H](CN(C)Cc1ccc(Oc3ccccc3)cc1)O2. The van der Waals surface area contributed by atoms with E-state index >= 15 is 0 Å². The molecule has 9 nitrogen and oxygen atoms in total. The van der Waals surface area contributed by atoms with E-state index in [1.54, 1.807) is 23.1 Å². The van der Waals surface area contributed by atoms with E-state index in [0.29, 0.717) is 36.6 Å². The molecule has 0 aliphatic carbocycles. The van der Waals surface area contributed by atoms with Gasteiger partial charge in [-0.05, 0) is 75.8 Å². The van der Waals surface area contributed by atoms with Crippen molar-refractivity contribution in [2.24, 2.45) is 5.92 Å². The van der Waals surface area contributed by atoms with Gasteiger partial charge in [-0.25, -0.2) is 4.79 Å². The second-order valence-corrected chi connectivity index (χ2v) is 11.3. The van der Waals surface area contributed by atoms with E-state index in [1.165, 1.54) is 0 Å². The molecular weight excluding hydrogens is 532 g/mol. The van der Waals surface area contributed by atoms with Crippen LogP contribution in [0.3, 0.4) is 0 Å². The van der Waals surface area contributed by atoms with E-state index in [0.717, 1.165) is 17.1 Å². The highest BCUT2D eigenvalue weighted by Gasteiger charge is 2.33.